The zero-order chi connectivity index (χ0) is 21.4. The van der Waals surface area contributed by atoms with Crippen LogP contribution in [0.2, 0.25) is 10.0 Å². The standard InChI is InChI=1S/C20H26Cl2N2O4S/c1-3-28-20(27)13-6-9-24(10-7-13)19(26)17(8-11-29-2)23-18(25)15-5-4-14(21)12-16(15)22/h4-5,12-13,17H,3,6-11H2,1-2H3,(H,23,25). The molecule has 1 aromatic carbocycles. The van der Waals surface area contributed by atoms with E-state index in [0.29, 0.717) is 44.0 Å². The molecule has 2 rings (SSSR count). The fraction of sp³-hybridized carbons (Fsp3) is 0.550. The van der Waals surface area contributed by atoms with Crippen LogP contribution in [0.3, 0.4) is 0 Å². The number of ether oxygens (including phenoxy) is 1. The van der Waals surface area contributed by atoms with Crippen molar-refractivity contribution in [1.29, 1.82) is 0 Å². The number of thioether (sulfide) groups is 1. The topological polar surface area (TPSA) is 75.7 Å². The number of nitrogens with one attached hydrogen (secondary N) is 1. The second kappa shape index (κ2) is 11.7. The number of likely N-dealkylation sites (tertiary alicyclic amines) is 1. The lowest BCUT2D eigenvalue weighted by atomic mass is 9.96. The highest BCUT2D eigenvalue weighted by atomic mass is 35.5. The Balaban J connectivity index is 2.02. The maximum Gasteiger partial charge on any atom is 0.309 e. The van der Waals surface area contributed by atoms with Crippen LogP contribution in [0.25, 0.3) is 0 Å². The summed E-state index contributed by atoms with van der Waals surface area (Å²) in [5.41, 5.74) is 0.277. The highest BCUT2D eigenvalue weighted by molar-refractivity contribution is 7.98. The molecule has 1 heterocycles. The second-order valence-electron chi connectivity index (χ2n) is 6.78. The molecule has 0 bridgehead atoms. The quantitative estimate of drug-likeness (QED) is 0.599. The monoisotopic (exact) mass is 460 g/mol. The van der Waals surface area contributed by atoms with Crippen molar-refractivity contribution in [3.8, 4) is 0 Å². The molecule has 29 heavy (non-hydrogen) atoms. The van der Waals surface area contributed by atoms with E-state index in [1.807, 2.05) is 6.26 Å². The van der Waals surface area contributed by atoms with Crippen LogP contribution in [0.1, 0.15) is 36.5 Å². The van der Waals surface area contributed by atoms with Gasteiger partial charge >= 0.3 is 5.97 Å². The summed E-state index contributed by atoms with van der Waals surface area (Å²) in [6.45, 7) is 3.07. The normalized spacial score (nSPS) is 15.7. The van der Waals surface area contributed by atoms with Crippen molar-refractivity contribution in [2.24, 2.45) is 5.92 Å². The number of piperidine rings is 1. The Kier molecular flexibility index (Phi) is 9.59. The molecule has 0 aliphatic carbocycles. The zero-order valence-electron chi connectivity index (χ0n) is 16.6. The van der Waals surface area contributed by atoms with Gasteiger partial charge in [0.2, 0.25) is 5.91 Å². The Morgan fingerprint density at radius 1 is 1.28 bits per heavy atom. The molecule has 9 heteroatoms. The van der Waals surface area contributed by atoms with E-state index in [2.05, 4.69) is 5.32 Å². The number of nitrogens with zero attached hydrogens (tertiary/aromatic N) is 1. The summed E-state index contributed by atoms with van der Waals surface area (Å²) in [6, 6.07) is 3.97. The van der Waals surface area contributed by atoms with Gasteiger partial charge in [-0.1, -0.05) is 23.2 Å². The number of benzene rings is 1. The molecular weight excluding hydrogens is 435 g/mol. The van der Waals surface area contributed by atoms with Crippen molar-refractivity contribution in [3.05, 3.63) is 33.8 Å². The number of hydrogen-bond acceptors (Lipinski definition) is 5. The van der Waals surface area contributed by atoms with Crippen molar-refractivity contribution >= 4 is 52.7 Å². The summed E-state index contributed by atoms with van der Waals surface area (Å²) in [4.78, 5) is 39.3. The maximum absolute atomic E-state index is 13.0. The van der Waals surface area contributed by atoms with Gasteiger partial charge < -0.3 is 15.0 Å². The van der Waals surface area contributed by atoms with Gasteiger partial charge in [-0.2, -0.15) is 11.8 Å². The molecular formula is C20H26Cl2N2O4S. The SMILES string of the molecule is CCOC(=O)C1CCN(C(=O)C(CCSC)NC(=O)c2ccc(Cl)cc2Cl)CC1. The van der Waals surface area contributed by atoms with Gasteiger partial charge in [0, 0.05) is 18.1 Å². The summed E-state index contributed by atoms with van der Waals surface area (Å²) in [5, 5.41) is 3.49. The summed E-state index contributed by atoms with van der Waals surface area (Å²) in [5.74, 6) is -0.202. The largest absolute Gasteiger partial charge is 0.466 e. The molecule has 0 radical (unpaired) electrons. The van der Waals surface area contributed by atoms with Crippen molar-refractivity contribution in [3.63, 3.8) is 0 Å². The van der Waals surface area contributed by atoms with Gasteiger partial charge in [0.05, 0.1) is 23.1 Å². The predicted octanol–water partition coefficient (Wildman–Crippen LogP) is 3.65. The lowest BCUT2D eigenvalue weighted by molar-refractivity contribution is -0.151. The number of carbonyl (C=O) groups excluding carboxylic acids is 3. The van der Waals surface area contributed by atoms with Gasteiger partial charge in [-0.25, -0.2) is 0 Å². The van der Waals surface area contributed by atoms with Crippen LogP contribution in [-0.4, -0.2) is 60.4 Å². The minimum Gasteiger partial charge on any atom is -0.466 e. The van der Waals surface area contributed by atoms with Gasteiger partial charge in [0.25, 0.3) is 5.91 Å². The second-order valence-corrected chi connectivity index (χ2v) is 8.61. The Morgan fingerprint density at radius 2 is 1.97 bits per heavy atom. The van der Waals surface area contributed by atoms with Gasteiger partial charge in [-0.05, 0) is 56.4 Å². The number of hydrogen-bond donors (Lipinski definition) is 1. The van der Waals surface area contributed by atoms with Crippen LogP contribution < -0.4 is 5.32 Å². The zero-order valence-corrected chi connectivity index (χ0v) is 18.9. The Labute approximate surface area is 185 Å². The smallest absolute Gasteiger partial charge is 0.309 e. The van der Waals surface area contributed by atoms with Crippen LogP contribution in [0.15, 0.2) is 18.2 Å². The van der Waals surface area contributed by atoms with Crippen molar-refractivity contribution < 1.29 is 19.1 Å². The number of carbonyl (C=O) groups is 3. The molecule has 1 aliphatic rings. The number of rotatable bonds is 8. The molecule has 1 atom stereocenters. The van der Waals surface area contributed by atoms with E-state index in [9.17, 15) is 14.4 Å². The molecule has 1 aliphatic heterocycles. The fourth-order valence-corrected chi connectivity index (χ4v) is 4.18. The number of esters is 1. The van der Waals surface area contributed by atoms with E-state index < -0.39 is 11.9 Å². The van der Waals surface area contributed by atoms with Crippen LogP contribution in [0.4, 0.5) is 0 Å². The minimum absolute atomic E-state index is 0.139. The van der Waals surface area contributed by atoms with Gasteiger partial charge in [0.1, 0.15) is 6.04 Å². The van der Waals surface area contributed by atoms with Gasteiger partial charge in [-0.15, -0.1) is 0 Å². The predicted molar refractivity (Wildman–Crippen MR) is 117 cm³/mol. The van der Waals surface area contributed by atoms with E-state index in [1.165, 1.54) is 6.07 Å². The third-order valence-corrected chi connectivity index (χ3v) is 6.01. The number of amides is 2. The molecule has 1 fully saturated rings. The van der Waals surface area contributed by atoms with E-state index in [0.717, 1.165) is 5.75 Å². The lowest BCUT2D eigenvalue weighted by Crippen LogP contribution is -2.51. The molecule has 1 saturated heterocycles. The molecule has 1 unspecified atom stereocenters. The van der Waals surface area contributed by atoms with Crippen LogP contribution in [-0.2, 0) is 14.3 Å². The summed E-state index contributed by atoms with van der Waals surface area (Å²) < 4.78 is 5.07. The van der Waals surface area contributed by atoms with Crippen molar-refractivity contribution in [1.82, 2.24) is 10.2 Å². The van der Waals surface area contributed by atoms with Crippen molar-refractivity contribution in [2.45, 2.75) is 32.2 Å². The average Bonchev–Trinajstić information content (AvgIpc) is 2.70. The van der Waals surface area contributed by atoms with Crippen molar-refractivity contribution in [2.75, 3.05) is 31.7 Å². The first-order valence-corrected chi connectivity index (χ1v) is 11.7. The highest BCUT2D eigenvalue weighted by Gasteiger charge is 2.32. The molecule has 6 nitrogen and oxygen atoms in total. The Bertz CT molecular complexity index is 739. The van der Waals surface area contributed by atoms with E-state index in [4.69, 9.17) is 27.9 Å². The lowest BCUT2D eigenvalue weighted by Gasteiger charge is -2.33. The first kappa shape index (κ1) is 23.8. The molecule has 1 N–H and O–H groups in total. The summed E-state index contributed by atoms with van der Waals surface area (Å²) in [7, 11) is 0. The van der Waals surface area contributed by atoms with Crippen LogP contribution in [0, 0.1) is 5.92 Å². The average molecular weight is 461 g/mol. The third kappa shape index (κ3) is 6.79. The Morgan fingerprint density at radius 3 is 2.55 bits per heavy atom. The highest BCUT2D eigenvalue weighted by Crippen LogP contribution is 2.22. The maximum atomic E-state index is 13.0. The minimum atomic E-state index is -0.652. The molecule has 2 amide bonds. The molecule has 0 spiro atoms. The van der Waals surface area contributed by atoms with E-state index in [-0.39, 0.29) is 28.4 Å². The fourth-order valence-electron chi connectivity index (χ4n) is 3.22. The molecule has 160 valence electrons. The first-order chi connectivity index (χ1) is 13.9. The molecule has 0 saturated carbocycles. The number of halogens is 2. The molecule has 1 aromatic rings. The van der Waals surface area contributed by atoms with Crippen LogP contribution >= 0.6 is 35.0 Å². The van der Waals surface area contributed by atoms with Gasteiger partial charge in [0.15, 0.2) is 0 Å². The summed E-state index contributed by atoms with van der Waals surface area (Å²) >= 11 is 13.6. The van der Waals surface area contributed by atoms with Crippen LogP contribution in [0.5, 0.6) is 0 Å². The van der Waals surface area contributed by atoms with E-state index in [1.54, 1.807) is 35.7 Å². The van der Waals surface area contributed by atoms with E-state index >= 15 is 0 Å². The third-order valence-electron chi connectivity index (χ3n) is 4.82. The van der Waals surface area contributed by atoms with Gasteiger partial charge in [-0.3, -0.25) is 14.4 Å². The molecule has 0 aromatic heterocycles. The first-order valence-electron chi connectivity index (χ1n) is 9.57. The Hall–Kier alpha value is -1.44. The summed E-state index contributed by atoms with van der Waals surface area (Å²) in [6.07, 6.45) is 3.59.